The fourth-order valence-electron chi connectivity index (χ4n) is 3.22. The number of nitrogens with zero attached hydrogens (tertiary/aromatic N) is 3. The number of ether oxygens (including phenoxy) is 1. The molecule has 2 aromatic carbocycles. The average molecular weight is 380 g/mol. The number of halogens is 1. The highest BCUT2D eigenvalue weighted by molar-refractivity contribution is 6.19. The van der Waals surface area contributed by atoms with E-state index in [1.807, 2.05) is 0 Å². The Labute approximate surface area is 160 Å². The molecule has 1 aliphatic rings. The molecule has 0 unspecified atom stereocenters. The zero-order chi connectivity index (χ0) is 19.7. The standard InChI is InChI=1S/C20H17FN4O3/c1-28-18-8-15(6-7-16(18)14-9-22-23-10-14)25-19(26)12-24(20(25)27)11-13-4-2-3-5-17(13)21/h2-10H,11-12H2,1H3,(H,22,23). The van der Waals surface area contributed by atoms with E-state index >= 15 is 0 Å². The largest absolute Gasteiger partial charge is 0.496 e. The number of methoxy groups -OCH3 is 1. The van der Waals surface area contributed by atoms with Gasteiger partial charge in [0.2, 0.25) is 0 Å². The lowest BCUT2D eigenvalue weighted by molar-refractivity contribution is -0.116. The topological polar surface area (TPSA) is 78.5 Å². The van der Waals surface area contributed by atoms with E-state index in [4.69, 9.17) is 4.74 Å². The van der Waals surface area contributed by atoms with Crippen LogP contribution in [0.5, 0.6) is 5.75 Å². The Hall–Kier alpha value is -3.68. The molecule has 1 aromatic heterocycles. The number of carbonyl (C=O) groups is 2. The maximum atomic E-state index is 13.9. The van der Waals surface area contributed by atoms with Crippen molar-refractivity contribution in [2.24, 2.45) is 0 Å². The summed E-state index contributed by atoms with van der Waals surface area (Å²) >= 11 is 0. The molecule has 4 rings (SSSR count). The summed E-state index contributed by atoms with van der Waals surface area (Å²) < 4.78 is 19.3. The summed E-state index contributed by atoms with van der Waals surface area (Å²) in [5.41, 5.74) is 2.36. The van der Waals surface area contributed by atoms with Gasteiger partial charge in [-0.25, -0.2) is 14.1 Å². The van der Waals surface area contributed by atoms with Gasteiger partial charge in [-0.3, -0.25) is 9.89 Å². The third-order valence-electron chi connectivity index (χ3n) is 4.61. The predicted octanol–water partition coefficient (Wildman–Crippen LogP) is 3.19. The van der Waals surface area contributed by atoms with Gasteiger partial charge in [-0.15, -0.1) is 0 Å². The summed E-state index contributed by atoms with van der Waals surface area (Å²) in [5, 5.41) is 6.65. The first-order valence-corrected chi connectivity index (χ1v) is 8.61. The molecule has 3 amide bonds. The highest BCUT2D eigenvalue weighted by Gasteiger charge is 2.37. The lowest BCUT2D eigenvalue weighted by Crippen LogP contribution is -2.32. The number of benzene rings is 2. The summed E-state index contributed by atoms with van der Waals surface area (Å²) in [5.74, 6) is -0.279. The third-order valence-corrected chi connectivity index (χ3v) is 4.61. The minimum absolute atomic E-state index is 0.0258. The van der Waals surface area contributed by atoms with Gasteiger partial charge in [-0.05, 0) is 18.2 Å². The number of amides is 3. The summed E-state index contributed by atoms with van der Waals surface area (Å²) in [6.07, 6.45) is 3.37. The third kappa shape index (κ3) is 3.09. The summed E-state index contributed by atoms with van der Waals surface area (Å²) in [7, 11) is 1.51. The van der Waals surface area contributed by atoms with Crippen LogP contribution in [0.2, 0.25) is 0 Å². The second-order valence-corrected chi connectivity index (χ2v) is 6.33. The lowest BCUT2D eigenvalue weighted by atomic mass is 10.1. The molecular formula is C20H17FN4O3. The first-order chi connectivity index (χ1) is 13.6. The number of urea groups is 1. The number of rotatable bonds is 5. The predicted molar refractivity (Wildman–Crippen MR) is 100 cm³/mol. The molecule has 0 spiro atoms. The SMILES string of the molecule is COc1cc(N2C(=O)CN(Cc3ccccc3F)C2=O)ccc1-c1cn[nH]c1. The first kappa shape index (κ1) is 17.7. The van der Waals surface area contributed by atoms with Gasteiger partial charge >= 0.3 is 6.03 Å². The van der Waals surface area contributed by atoms with Crippen LogP contribution in [0.15, 0.2) is 54.9 Å². The van der Waals surface area contributed by atoms with Gasteiger partial charge in [-0.2, -0.15) is 5.10 Å². The Morgan fingerprint density at radius 3 is 2.75 bits per heavy atom. The van der Waals surface area contributed by atoms with Crippen LogP contribution in [0.3, 0.4) is 0 Å². The zero-order valence-corrected chi connectivity index (χ0v) is 15.1. The van der Waals surface area contributed by atoms with E-state index in [1.165, 1.54) is 18.1 Å². The van der Waals surface area contributed by atoms with Crippen LogP contribution in [0, 0.1) is 5.82 Å². The smallest absolute Gasteiger partial charge is 0.332 e. The molecular weight excluding hydrogens is 363 g/mol. The number of H-pyrrole nitrogens is 1. The monoisotopic (exact) mass is 380 g/mol. The van der Waals surface area contributed by atoms with Crippen LogP contribution in [0.1, 0.15) is 5.56 Å². The van der Waals surface area contributed by atoms with Crippen molar-refractivity contribution in [1.29, 1.82) is 0 Å². The van der Waals surface area contributed by atoms with Crippen molar-refractivity contribution >= 4 is 17.6 Å². The quantitative estimate of drug-likeness (QED) is 0.690. The Morgan fingerprint density at radius 1 is 1.21 bits per heavy atom. The van der Waals surface area contributed by atoms with Crippen molar-refractivity contribution in [3.05, 3.63) is 66.2 Å². The Balaban J connectivity index is 1.61. The molecule has 0 atom stereocenters. The number of nitrogens with one attached hydrogen (secondary N) is 1. The Morgan fingerprint density at radius 2 is 2.04 bits per heavy atom. The van der Waals surface area contributed by atoms with Gasteiger partial charge in [0.05, 0.1) is 25.5 Å². The molecule has 3 aromatic rings. The zero-order valence-electron chi connectivity index (χ0n) is 15.1. The minimum Gasteiger partial charge on any atom is -0.496 e. The van der Waals surface area contributed by atoms with Crippen LogP contribution in [-0.2, 0) is 11.3 Å². The fraction of sp³-hybridized carbons (Fsp3) is 0.150. The Kier molecular flexibility index (Phi) is 4.52. The molecule has 1 aliphatic heterocycles. The van der Waals surface area contributed by atoms with E-state index in [9.17, 15) is 14.0 Å². The molecule has 0 radical (unpaired) electrons. The molecule has 0 bridgehead atoms. The lowest BCUT2D eigenvalue weighted by Gasteiger charge is -2.18. The van der Waals surface area contributed by atoms with Gasteiger partial charge in [0, 0.05) is 29.0 Å². The normalized spacial score (nSPS) is 14.1. The molecule has 8 heteroatoms. The van der Waals surface area contributed by atoms with E-state index in [2.05, 4.69) is 10.2 Å². The Bertz CT molecular complexity index is 1040. The van der Waals surface area contributed by atoms with Crippen LogP contribution < -0.4 is 9.64 Å². The van der Waals surface area contributed by atoms with Gasteiger partial charge < -0.3 is 9.64 Å². The number of aromatic amines is 1. The number of hydrogen-bond acceptors (Lipinski definition) is 4. The van der Waals surface area contributed by atoms with Crippen molar-refractivity contribution < 1.29 is 18.7 Å². The van der Waals surface area contributed by atoms with Crippen LogP contribution in [-0.4, -0.2) is 40.7 Å². The molecule has 1 saturated heterocycles. The molecule has 0 saturated carbocycles. The highest BCUT2D eigenvalue weighted by Crippen LogP contribution is 2.34. The van der Waals surface area contributed by atoms with Gasteiger partial charge in [0.15, 0.2) is 0 Å². The van der Waals surface area contributed by atoms with Gasteiger partial charge in [0.25, 0.3) is 5.91 Å². The summed E-state index contributed by atoms with van der Waals surface area (Å²) in [6.45, 7) is -0.0864. The van der Waals surface area contributed by atoms with Gasteiger partial charge in [0.1, 0.15) is 18.1 Å². The highest BCUT2D eigenvalue weighted by atomic mass is 19.1. The maximum Gasteiger partial charge on any atom is 0.332 e. The summed E-state index contributed by atoms with van der Waals surface area (Å²) in [4.78, 5) is 27.7. The molecule has 1 fully saturated rings. The summed E-state index contributed by atoms with van der Waals surface area (Å²) in [6, 6.07) is 10.8. The molecule has 1 N–H and O–H groups in total. The van der Waals surface area contributed by atoms with Crippen molar-refractivity contribution in [2.75, 3.05) is 18.6 Å². The van der Waals surface area contributed by atoms with E-state index < -0.39 is 11.8 Å². The molecule has 28 heavy (non-hydrogen) atoms. The molecule has 7 nitrogen and oxygen atoms in total. The van der Waals surface area contributed by atoms with Crippen molar-refractivity contribution in [1.82, 2.24) is 15.1 Å². The maximum absolute atomic E-state index is 13.9. The second kappa shape index (κ2) is 7.15. The number of carbonyl (C=O) groups excluding carboxylic acids is 2. The molecule has 2 heterocycles. The second-order valence-electron chi connectivity index (χ2n) is 6.33. The number of anilines is 1. The van der Waals surface area contributed by atoms with Gasteiger partial charge in [-0.1, -0.05) is 18.2 Å². The van der Waals surface area contributed by atoms with Crippen LogP contribution in [0.4, 0.5) is 14.9 Å². The minimum atomic E-state index is -0.494. The van der Waals surface area contributed by atoms with E-state index in [0.717, 1.165) is 16.0 Å². The van der Waals surface area contributed by atoms with Crippen molar-refractivity contribution in [2.45, 2.75) is 6.54 Å². The first-order valence-electron chi connectivity index (χ1n) is 8.61. The number of aromatic nitrogens is 2. The van der Waals surface area contributed by atoms with Crippen LogP contribution in [0.25, 0.3) is 11.1 Å². The molecule has 0 aliphatic carbocycles. The van der Waals surface area contributed by atoms with E-state index in [-0.39, 0.29) is 19.0 Å². The van der Waals surface area contributed by atoms with Crippen molar-refractivity contribution in [3.8, 4) is 16.9 Å². The number of hydrogen-bond donors (Lipinski definition) is 1. The van der Waals surface area contributed by atoms with Crippen LogP contribution >= 0.6 is 0 Å². The average Bonchev–Trinajstić information content (AvgIpc) is 3.32. The molecule has 142 valence electrons. The number of imide groups is 1. The van der Waals surface area contributed by atoms with Crippen molar-refractivity contribution in [3.63, 3.8) is 0 Å². The van der Waals surface area contributed by atoms with E-state index in [1.54, 1.807) is 48.8 Å². The fourth-order valence-corrected chi connectivity index (χ4v) is 3.22. The van der Waals surface area contributed by atoms with E-state index in [0.29, 0.717) is 17.0 Å².